The van der Waals surface area contributed by atoms with Gasteiger partial charge in [-0.2, -0.15) is 15.0 Å². The third-order valence-corrected chi connectivity index (χ3v) is 6.14. The lowest BCUT2D eigenvalue weighted by atomic mass is 10.0. The summed E-state index contributed by atoms with van der Waals surface area (Å²) in [5, 5.41) is 13.3. The number of halogens is 1. The molecule has 0 unspecified atom stereocenters. The standard InChI is InChI=1S/C24H23FN6O/c1-15(23-28-14-29-31(23)22-7-4-17(11-26)12-27-22)30(13-16-2-3-16)24(32)20-8-19(18-5-6-18)9-21(25)10-20/h4,7-10,12,14-16,18H,2-3,5-6,13H2,1H3/t15-/m1/s1. The summed E-state index contributed by atoms with van der Waals surface area (Å²) < 4.78 is 15.9. The monoisotopic (exact) mass is 430 g/mol. The van der Waals surface area contributed by atoms with Crippen LogP contribution < -0.4 is 0 Å². The number of aromatic nitrogens is 4. The minimum atomic E-state index is -0.393. The highest BCUT2D eigenvalue weighted by Crippen LogP contribution is 2.41. The van der Waals surface area contributed by atoms with Gasteiger partial charge in [0.25, 0.3) is 5.91 Å². The SMILES string of the molecule is C[C@H](c1ncnn1-c1ccc(C#N)cn1)N(CC1CC1)C(=O)c1cc(F)cc(C2CC2)c1. The second kappa shape index (κ2) is 8.15. The smallest absolute Gasteiger partial charge is 0.254 e. The van der Waals surface area contributed by atoms with Gasteiger partial charge >= 0.3 is 0 Å². The quantitative estimate of drug-likeness (QED) is 0.562. The predicted molar refractivity (Wildman–Crippen MR) is 114 cm³/mol. The van der Waals surface area contributed by atoms with Crippen LogP contribution in [0.3, 0.4) is 0 Å². The van der Waals surface area contributed by atoms with Crippen LogP contribution >= 0.6 is 0 Å². The molecule has 0 spiro atoms. The van der Waals surface area contributed by atoms with E-state index in [1.807, 2.05) is 19.1 Å². The number of benzene rings is 1. The molecule has 2 heterocycles. The fourth-order valence-electron chi connectivity index (χ4n) is 3.98. The molecule has 162 valence electrons. The Morgan fingerprint density at radius 3 is 2.72 bits per heavy atom. The number of carbonyl (C=O) groups excluding carboxylic acids is 1. The lowest BCUT2D eigenvalue weighted by Crippen LogP contribution is -2.36. The topological polar surface area (TPSA) is 87.7 Å². The number of hydrogen-bond acceptors (Lipinski definition) is 5. The Kier molecular flexibility index (Phi) is 5.17. The maximum absolute atomic E-state index is 14.3. The molecular weight excluding hydrogens is 407 g/mol. The lowest BCUT2D eigenvalue weighted by molar-refractivity contribution is 0.0670. The van der Waals surface area contributed by atoms with Gasteiger partial charge in [-0.05, 0) is 80.3 Å². The van der Waals surface area contributed by atoms with Crippen molar-refractivity contribution in [3.8, 4) is 11.9 Å². The van der Waals surface area contributed by atoms with E-state index in [4.69, 9.17) is 5.26 Å². The minimum absolute atomic E-state index is 0.201. The Balaban J connectivity index is 1.47. The summed E-state index contributed by atoms with van der Waals surface area (Å²) in [5.41, 5.74) is 1.73. The van der Waals surface area contributed by atoms with Crippen LogP contribution in [0, 0.1) is 23.1 Å². The van der Waals surface area contributed by atoms with Gasteiger partial charge in [0.15, 0.2) is 11.6 Å². The highest BCUT2D eigenvalue weighted by atomic mass is 19.1. The summed E-state index contributed by atoms with van der Waals surface area (Å²) in [7, 11) is 0. The van der Waals surface area contributed by atoms with Crippen molar-refractivity contribution in [2.75, 3.05) is 6.54 Å². The van der Waals surface area contributed by atoms with E-state index in [9.17, 15) is 9.18 Å². The van der Waals surface area contributed by atoms with Gasteiger partial charge in [0, 0.05) is 18.3 Å². The van der Waals surface area contributed by atoms with E-state index in [2.05, 4.69) is 15.1 Å². The van der Waals surface area contributed by atoms with E-state index in [1.54, 1.807) is 21.7 Å². The second-order valence-corrected chi connectivity index (χ2v) is 8.67. The molecule has 0 aliphatic heterocycles. The predicted octanol–water partition coefficient (Wildman–Crippen LogP) is 4.16. The van der Waals surface area contributed by atoms with Crippen molar-refractivity contribution in [1.82, 2.24) is 24.6 Å². The Morgan fingerprint density at radius 2 is 2.06 bits per heavy atom. The van der Waals surface area contributed by atoms with Crippen molar-refractivity contribution >= 4 is 5.91 Å². The van der Waals surface area contributed by atoms with Crippen molar-refractivity contribution in [2.24, 2.45) is 5.92 Å². The Bertz CT molecular complexity index is 1190. The van der Waals surface area contributed by atoms with E-state index in [0.717, 1.165) is 31.2 Å². The van der Waals surface area contributed by atoms with Crippen LogP contribution in [0.15, 0.2) is 42.9 Å². The van der Waals surface area contributed by atoms with Gasteiger partial charge in [-0.3, -0.25) is 4.79 Å². The first-order valence-electron chi connectivity index (χ1n) is 10.9. The molecule has 2 aliphatic carbocycles. The average molecular weight is 430 g/mol. The summed E-state index contributed by atoms with van der Waals surface area (Å²) in [5.74, 6) is 1.31. The number of hydrogen-bond donors (Lipinski definition) is 0. The van der Waals surface area contributed by atoms with Crippen LogP contribution in [0.5, 0.6) is 0 Å². The second-order valence-electron chi connectivity index (χ2n) is 8.67. The molecule has 7 nitrogen and oxygen atoms in total. The van der Waals surface area contributed by atoms with E-state index in [1.165, 1.54) is 24.7 Å². The number of rotatable bonds is 7. The molecular formula is C24H23FN6O. The third-order valence-electron chi connectivity index (χ3n) is 6.14. The molecule has 0 bridgehead atoms. The van der Waals surface area contributed by atoms with Crippen LogP contribution in [0.2, 0.25) is 0 Å². The summed E-state index contributed by atoms with van der Waals surface area (Å²) in [6, 6.07) is 9.72. The minimum Gasteiger partial charge on any atom is -0.328 e. The van der Waals surface area contributed by atoms with Crippen LogP contribution in [0.4, 0.5) is 4.39 Å². The highest BCUT2D eigenvalue weighted by Gasteiger charge is 2.34. The zero-order chi connectivity index (χ0) is 22.2. The molecule has 2 fully saturated rings. The van der Waals surface area contributed by atoms with E-state index in [-0.39, 0.29) is 11.7 Å². The first-order chi connectivity index (χ1) is 15.5. The molecule has 0 radical (unpaired) electrons. The number of nitrogens with zero attached hydrogens (tertiary/aromatic N) is 6. The van der Waals surface area contributed by atoms with Crippen LogP contribution in [-0.2, 0) is 0 Å². The number of carbonyl (C=O) groups is 1. The molecule has 2 aromatic heterocycles. The normalized spacial score (nSPS) is 16.4. The van der Waals surface area contributed by atoms with Gasteiger partial charge in [-0.1, -0.05) is 0 Å². The largest absolute Gasteiger partial charge is 0.328 e. The molecule has 8 heteroatoms. The fourth-order valence-corrected chi connectivity index (χ4v) is 3.98. The average Bonchev–Trinajstić information content (AvgIpc) is 3.74. The molecule has 1 aromatic carbocycles. The molecule has 0 N–H and O–H groups in total. The van der Waals surface area contributed by atoms with Gasteiger partial charge in [-0.25, -0.2) is 14.4 Å². The maximum atomic E-state index is 14.3. The van der Waals surface area contributed by atoms with Crippen molar-refractivity contribution in [2.45, 2.75) is 44.6 Å². The lowest BCUT2D eigenvalue weighted by Gasteiger charge is -2.29. The van der Waals surface area contributed by atoms with E-state index < -0.39 is 6.04 Å². The Hall–Kier alpha value is -3.60. The van der Waals surface area contributed by atoms with Crippen LogP contribution in [0.1, 0.15) is 71.9 Å². The van der Waals surface area contributed by atoms with Crippen molar-refractivity contribution in [1.29, 1.82) is 5.26 Å². The van der Waals surface area contributed by atoms with Crippen molar-refractivity contribution in [3.63, 3.8) is 0 Å². The van der Waals surface area contributed by atoms with Gasteiger partial charge in [0.1, 0.15) is 18.2 Å². The number of pyridine rings is 1. The first-order valence-corrected chi connectivity index (χ1v) is 10.9. The van der Waals surface area contributed by atoms with E-state index >= 15 is 0 Å². The summed E-state index contributed by atoms with van der Waals surface area (Å²) in [4.78, 5) is 24.1. The molecule has 32 heavy (non-hydrogen) atoms. The Labute approximate surface area is 185 Å². The molecule has 3 aromatic rings. The molecule has 5 rings (SSSR count). The summed E-state index contributed by atoms with van der Waals surface area (Å²) in [6.45, 7) is 2.49. The molecule has 0 saturated heterocycles. The zero-order valence-electron chi connectivity index (χ0n) is 17.8. The Morgan fingerprint density at radius 1 is 1.25 bits per heavy atom. The molecule has 1 atom stereocenters. The van der Waals surface area contributed by atoms with E-state index in [0.29, 0.717) is 41.1 Å². The van der Waals surface area contributed by atoms with Gasteiger partial charge in [-0.15, -0.1) is 0 Å². The van der Waals surface area contributed by atoms with Gasteiger partial charge in [0.05, 0.1) is 11.6 Å². The van der Waals surface area contributed by atoms with Crippen LogP contribution in [-0.4, -0.2) is 37.1 Å². The maximum Gasteiger partial charge on any atom is 0.254 e. The molecule has 1 amide bonds. The van der Waals surface area contributed by atoms with Gasteiger partial charge < -0.3 is 4.90 Å². The molecule has 2 aliphatic rings. The summed E-state index contributed by atoms with van der Waals surface area (Å²) in [6.07, 6.45) is 7.15. The van der Waals surface area contributed by atoms with Crippen molar-refractivity contribution in [3.05, 3.63) is 71.2 Å². The number of amides is 1. The van der Waals surface area contributed by atoms with Crippen molar-refractivity contribution < 1.29 is 9.18 Å². The third kappa shape index (κ3) is 4.11. The summed E-state index contributed by atoms with van der Waals surface area (Å²) >= 11 is 0. The highest BCUT2D eigenvalue weighted by molar-refractivity contribution is 5.94. The number of nitriles is 1. The first kappa shape index (κ1) is 20.3. The zero-order valence-corrected chi connectivity index (χ0v) is 17.8. The fraction of sp³-hybridized carbons (Fsp3) is 0.375. The van der Waals surface area contributed by atoms with Gasteiger partial charge in [0.2, 0.25) is 0 Å². The molecule has 2 saturated carbocycles. The van der Waals surface area contributed by atoms with Crippen LogP contribution in [0.25, 0.3) is 5.82 Å².